The van der Waals surface area contributed by atoms with Gasteiger partial charge < -0.3 is 14.9 Å². The Morgan fingerprint density at radius 1 is 1.12 bits per heavy atom. The van der Waals surface area contributed by atoms with Gasteiger partial charge in [0.15, 0.2) is 11.5 Å². The highest BCUT2D eigenvalue weighted by Crippen LogP contribution is 2.32. The molecule has 0 bridgehead atoms. The summed E-state index contributed by atoms with van der Waals surface area (Å²) < 4.78 is 5.08. The van der Waals surface area contributed by atoms with E-state index < -0.39 is 0 Å². The van der Waals surface area contributed by atoms with Crippen molar-refractivity contribution in [1.82, 2.24) is 4.90 Å². The van der Waals surface area contributed by atoms with Crippen LogP contribution in [0.3, 0.4) is 0 Å². The van der Waals surface area contributed by atoms with Crippen LogP contribution in [0.15, 0.2) is 48.5 Å². The summed E-state index contributed by atoms with van der Waals surface area (Å²) in [6.07, 6.45) is 1.59. The van der Waals surface area contributed by atoms with Gasteiger partial charge in [-0.05, 0) is 55.1 Å². The van der Waals surface area contributed by atoms with E-state index in [2.05, 4.69) is 4.90 Å². The molecule has 128 valence electrons. The average molecular weight is 327 g/mol. The molecule has 4 nitrogen and oxygen atoms in total. The molecule has 1 heterocycles. The number of methoxy groups -OCH3 is 1. The zero-order valence-corrected chi connectivity index (χ0v) is 14.1. The molecule has 1 aliphatic heterocycles. The molecule has 1 unspecified atom stereocenters. The lowest BCUT2D eigenvalue weighted by molar-refractivity contribution is 0.0567. The zero-order valence-electron chi connectivity index (χ0n) is 14.1. The Kier molecular flexibility index (Phi) is 5.38. The maximum Gasteiger partial charge on any atom is 0.160 e. The fourth-order valence-electron chi connectivity index (χ4n) is 3.44. The van der Waals surface area contributed by atoms with Gasteiger partial charge in [0, 0.05) is 6.54 Å². The molecule has 2 aromatic rings. The van der Waals surface area contributed by atoms with Crippen LogP contribution in [0.4, 0.5) is 0 Å². The highest BCUT2D eigenvalue weighted by Gasteiger charge is 2.26. The van der Waals surface area contributed by atoms with Crippen LogP contribution in [0.2, 0.25) is 0 Å². The molecule has 3 rings (SSSR count). The summed E-state index contributed by atoms with van der Waals surface area (Å²) >= 11 is 0. The van der Waals surface area contributed by atoms with Gasteiger partial charge in [-0.15, -0.1) is 0 Å². The van der Waals surface area contributed by atoms with E-state index in [9.17, 15) is 10.2 Å². The van der Waals surface area contributed by atoms with Crippen LogP contribution in [0.5, 0.6) is 11.5 Å². The van der Waals surface area contributed by atoms with Crippen molar-refractivity contribution in [2.45, 2.75) is 25.5 Å². The van der Waals surface area contributed by atoms with E-state index in [-0.39, 0.29) is 11.9 Å². The van der Waals surface area contributed by atoms with Crippen molar-refractivity contribution in [2.24, 2.45) is 5.92 Å². The first-order valence-corrected chi connectivity index (χ1v) is 8.48. The number of ether oxygens (including phenoxy) is 1. The Labute approximate surface area is 143 Å². The van der Waals surface area contributed by atoms with Gasteiger partial charge in [-0.3, -0.25) is 4.90 Å². The first-order valence-electron chi connectivity index (χ1n) is 8.48. The maximum atomic E-state index is 10.5. The third kappa shape index (κ3) is 3.89. The second-order valence-electron chi connectivity index (χ2n) is 6.48. The van der Waals surface area contributed by atoms with Crippen LogP contribution in [-0.2, 0) is 6.54 Å². The van der Waals surface area contributed by atoms with Crippen molar-refractivity contribution >= 4 is 0 Å². The van der Waals surface area contributed by atoms with Crippen molar-refractivity contribution in [3.05, 3.63) is 59.7 Å². The molecule has 0 aromatic heterocycles. The molecule has 1 atom stereocenters. The van der Waals surface area contributed by atoms with Gasteiger partial charge >= 0.3 is 0 Å². The SMILES string of the molecule is COc1ccc(CN2CCC(C(O)c3ccccc3)CC2)cc1O. The van der Waals surface area contributed by atoms with E-state index in [4.69, 9.17) is 4.74 Å². The number of likely N-dealkylation sites (tertiary alicyclic amines) is 1. The molecule has 1 saturated heterocycles. The van der Waals surface area contributed by atoms with Crippen molar-refractivity contribution in [3.63, 3.8) is 0 Å². The predicted molar refractivity (Wildman–Crippen MR) is 94.1 cm³/mol. The van der Waals surface area contributed by atoms with Gasteiger partial charge in [0.05, 0.1) is 13.2 Å². The number of rotatable bonds is 5. The van der Waals surface area contributed by atoms with Crippen LogP contribution >= 0.6 is 0 Å². The molecule has 0 aliphatic carbocycles. The molecular weight excluding hydrogens is 302 g/mol. The van der Waals surface area contributed by atoms with Crippen LogP contribution < -0.4 is 4.74 Å². The number of benzene rings is 2. The lowest BCUT2D eigenvalue weighted by atomic mass is 9.87. The minimum absolute atomic E-state index is 0.185. The Balaban J connectivity index is 1.54. The van der Waals surface area contributed by atoms with E-state index in [1.807, 2.05) is 36.4 Å². The fraction of sp³-hybridized carbons (Fsp3) is 0.400. The molecule has 2 N–H and O–H groups in total. The van der Waals surface area contributed by atoms with Gasteiger partial charge in [-0.1, -0.05) is 36.4 Å². The average Bonchev–Trinajstić information content (AvgIpc) is 2.63. The predicted octanol–water partition coefficient (Wildman–Crippen LogP) is 3.35. The topological polar surface area (TPSA) is 52.9 Å². The van der Waals surface area contributed by atoms with Gasteiger partial charge in [-0.2, -0.15) is 0 Å². The number of aliphatic hydroxyl groups is 1. The Hall–Kier alpha value is -2.04. The van der Waals surface area contributed by atoms with Gasteiger partial charge in [-0.25, -0.2) is 0 Å². The fourth-order valence-corrected chi connectivity index (χ4v) is 3.44. The summed E-state index contributed by atoms with van der Waals surface area (Å²) in [6.45, 7) is 2.73. The van der Waals surface area contributed by atoms with Crippen LogP contribution in [0.1, 0.15) is 30.1 Å². The monoisotopic (exact) mass is 327 g/mol. The Morgan fingerprint density at radius 2 is 1.83 bits per heavy atom. The van der Waals surface area contributed by atoms with Gasteiger partial charge in [0.25, 0.3) is 0 Å². The number of hydrogen-bond acceptors (Lipinski definition) is 4. The van der Waals surface area contributed by atoms with E-state index in [0.29, 0.717) is 11.7 Å². The Morgan fingerprint density at radius 3 is 2.46 bits per heavy atom. The molecule has 2 aromatic carbocycles. The summed E-state index contributed by atoms with van der Waals surface area (Å²) in [5.41, 5.74) is 2.09. The lowest BCUT2D eigenvalue weighted by Gasteiger charge is -2.34. The third-order valence-corrected chi connectivity index (χ3v) is 4.87. The number of hydrogen-bond donors (Lipinski definition) is 2. The lowest BCUT2D eigenvalue weighted by Crippen LogP contribution is -2.35. The number of piperidine rings is 1. The van der Waals surface area contributed by atoms with Crippen LogP contribution in [-0.4, -0.2) is 35.3 Å². The molecule has 1 aliphatic rings. The first kappa shape index (κ1) is 16.8. The second kappa shape index (κ2) is 7.69. The highest BCUT2D eigenvalue weighted by molar-refractivity contribution is 5.41. The van der Waals surface area contributed by atoms with Gasteiger partial charge in [0.2, 0.25) is 0 Å². The van der Waals surface area contributed by atoms with Crippen LogP contribution in [0.25, 0.3) is 0 Å². The normalized spacial score (nSPS) is 17.6. The first-order chi connectivity index (χ1) is 11.7. The summed E-state index contributed by atoms with van der Waals surface area (Å²) in [5.74, 6) is 1.00. The minimum Gasteiger partial charge on any atom is -0.504 e. The largest absolute Gasteiger partial charge is 0.504 e. The third-order valence-electron chi connectivity index (χ3n) is 4.87. The summed E-state index contributed by atoms with van der Waals surface area (Å²) in [7, 11) is 1.55. The summed E-state index contributed by atoms with van der Waals surface area (Å²) in [4.78, 5) is 2.37. The molecule has 0 radical (unpaired) electrons. The minimum atomic E-state index is -0.376. The quantitative estimate of drug-likeness (QED) is 0.884. The number of aliphatic hydroxyl groups excluding tert-OH is 1. The Bertz CT molecular complexity index is 651. The molecule has 0 spiro atoms. The van der Waals surface area contributed by atoms with E-state index in [0.717, 1.165) is 43.6 Å². The molecule has 24 heavy (non-hydrogen) atoms. The van der Waals surface area contributed by atoms with E-state index in [1.165, 1.54) is 0 Å². The number of nitrogens with zero attached hydrogens (tertiary/aromatic N) is 1. The van der Waals surface area contributed by atoms with E-state index in [1.54, 1.807) is 19.2 Å². The zero-order chi connectivity index (χ0) is 16.9. The van der Waals surface area contributed by atoms with E-state index >= 15 is 0 Å². The molecule has 4 heteroatoms. The molecule has 0 saturated carbocycles. The highest BCUT2D eigenvalue weighted by atomic mass is 16.5. The van der Waals surface area contributed by atoms with Crippen molar-refractivity contribution in [2.75, 3.05) is 20.2 Å². The summed E-state index contributed by atoms with van der Waals surface area (Å²) in [6, 6.07) is 15.5. The summed E-state index contributed by atoms with van der Waals surface area (Å²) in [5, 5.41) is 20.4. The number of phenolic OH excluding ortho intramolecular Hbond substituents is 1. The molecule has 1 fully saturated rings. The van der Waals surface area contributed by atoms with Gasteiger partial charge in [0.1, 0.15) is 0 Å². The molecule has 0 amide bonds. The number of phenols is 1. The number of aromatic hydroxyl groups is 1. The van der Waals surface area contributed by atoms with Crippen molar-refractivity contribution in [1.29, 1.82) is 0 Å². The standard InChI is InChI=1S/C20H25NO3/c1-24-19-8-7-15(13-18(19)22)14-21-11-9-17(10-12-21)20(23)16-5-3-2-4-6-16/h2-8,13,17,20,22-23H,9-12,14H2,1H3. The van der Waals surface area contributed by atoms with Crippen molar-refractivity contribution in [3.8, 4) is 11.5 Å². The van der Waals surface area contributed by atoms with Crippen LogP contribution in [0, 0.1) is 5.92 Å². The maximum absolute atomic E-state index is 10.5. The second-order valence-corrected chi connectivity index (χ2v) is 6.48. The van der Waals surface area contributed by atoms with Crippen molar-refractivity contribution < 1.29 is 14.9 Å². The molecular formula is C20H25NO3. The smallest absolute Gasteiger partial charge is 0.160 e.